The van der Waals surface area contributed by atoms with Gasteiger partial charge in [0, 0.05) is 13.6 Å². The summed E-state index contributed by atoms with van der Waals surface area (Å²) in [6.45, 7) is 8.20. The number of amides is 2. The van der Waals surface area contributed by atoms with E-state index in [0.717, 1.165) is 35.7 Å². The number of benzene rings is 3. The van der Waals surface area contributed by atoms with Crippen LogP contribution in [0.2, 0.25) is 0 Å². The lowest BCUT2D eigenvalue weighted by Crippen LogP contribution is -2.40. The van der Waals surface area contributed by atoms with Gasteiger partial charge in [-0.2, -0.15) is 5.01 Å². The highest BCUT2D eigenvalue weighted by atomic mass is 16.6. The van der Waals surface area contributed by atoms with Gasteiger partial charge < -0.3 is 14.4 Å². The van der Waals surface area contributed by atoms with E-state index in [4.69, 9.17) is 9.47 Å². The molecule has 3 aromatic rings. The zero-order chi connectivity index (χ0) is 26.6. The predicted octanol–water partition coefficient (Wildman–Crippen LogP) is 6.02. The third-order valence-corrected chi connectivity index (χ3v) is 6.84. The summed E-state index contributed by atoms with van der Waals surface area (Å²) in [6.07, 6.45) is 2.66. The molecule has 7 heteroatoms. The van der Waals surface area contributed by atoms with E-state index in [-0.39, 0.29) is 18.2 Å². The molecule has 37 heavy (non-hydrogen) atoms. The number of nitrogens with zero attached hydrogens (tertiary/aromatic N) is 3. The summed E-state index contributed by atoms with van der Waals surface area (Å²) in [5, 5.41) is 6.12. The highest BCUT2D eigenvalue weighted by Crippen LogP contribution is 2.31. The molecule has 196 valence electrons. The molecule has 0 spiro atoms. The summed E-state index contributed by atoms with van der Waals surface area (Å²) in [6, 6.07) is 22.2. The molecule has 1 saturated heterocycles. The fourth-order valence-corrected chi connectivity index (χ4v) is 4.86. The summed E-state index contributed by atoms with van der Waals surface area (Å²) in [7, 11) is 1.99. The minimum atomic E-state index is -1.04. The maximum Gasteiger partial charge on any atom is 0.349 e. The lowest BCUT2D eigenvalue weighted by atomic mass is 10.1. The first-order valence-electron chi connectivity index (χ1n) is 13.0. The number of hydrogen-bond acceptors (Lipinski definition) is 5. The van der Waals surface area contributed by atoms with E-state index in [1.807, 2.05) is 61.3 Å². The number of esters is 1. The number of urea groups is 1. The van der Waals surface area contributed by atoms with E-state index in [9.17, 15) is 9.59 Å². The number of hydrogen-bond donors (Lipinski definition) is 0. The van der Waals surface area contributed by atoms with Crippen LogP contribution in [0, 0.1) is 0 Å². The molecule has 1 fully saturated rings. The highest BCUT2D eigenvalue weighted by molar-refractivity contribution is 5.96. The minimum absolute atomic E-state index is 0.00282. The third-order valence-electron chi connectivity index (χ3n) is 6.84. The van der Waals surface area contributed by atoms with Crippen molar-refractivity contribution in [1.82, 2.24) is 9.91 Å². The highest BCUT2D eigenvalue weighted by Gasteiger charge is 2.41. The zero-order valence-corrected chi connectivity index (χ0v) is 22.4. The molecule has 3 aromatic carbocycles. The molecule has 0 bridgehead atoms. The molecular formula is C30H37N3O4. The van der Waals surface area contributed by atoms with Gasteiger partial charge in [-0.1, -0.05) is 42.5 Å². The lowest BCUT2D eigenvalue weighted by Gasteiger charge is -2.28. The van der Waals surface area contributed by atoms with Crippen LogP contribution in [0.3, 0.4) is 0 Å². The fraction of sp³-hybridized carbons (Fsp3) is 0.400. The van der Waals surface area contributed by atoms with Crippen molar-refractivity contribution in [3.05, 3.63) is 72.3 Å². The summed E-state index contributed by atoms with van der Waals surface area (Å²) in [4.78, 5) is 27.4. The van der Waals surface area contributed by atoms with Crippen LogP contribution in [0.5, 0.6) is 5.75 Å². The normalized spacial score (nSPS) is 16.5. The minimum Gasteiger partial charge on any atom is -0.476 e. The fourth-order valence-electron chi connectivity index (χ4n) is 4.86. The molecule has 0 aliphatic carbocycles. The molecule has 1 aliphatic rings. The second kappa shape index (κ2) is 11.2. The van der Waals surface area contributed by atoms with E-state index < -0.39 is 5.60 Å². The first kappa shape index (κ1) is 26.5. The van der Waals surface area contributed by atoms with Crippen LogP contribution in [-0.2, 0) is 16.0 Å². The topological polar surface area (TPSA) is 62.3 Å². The Bertz CT molecular complexity index is 1240. The quantitative estimate of drug-likeness (QED) is 0.317. The van der Waals surface area contributed by atoms with E-state index in [2.05, 4.69) is 29.3 Å². The Kier molecular flexibility index (Phi) is 8.03. The molecule has 0 saturated carbocycles. The molecular weight excluding hydrogens is 466 g/mol. The molecule has 1 atom stereocenters. The van der Waals surface area contributed by atoms with Crippen LogP contribution in [-0.4, -0.2) is 53.9 Å². The van der Waals surface area contributed by atoms with Gasteiger partial charge in [0.15, 0.2) is 5.60 Å². The van der Waals surface area contributed by atoms with Crippen LogP contribution in [0.4, 0.5) is 10.5 Å². The summed E-state index contributed by atoms with van der Waals surface area (Å²) in [5.74, 6) is 0.249. The number of carbonyl (C=O) groups excluding carboxylic acids is 2. The van der Waals surface area contributed by atoms with Gasteiger partial charge in [-0.05, 0) is 87.6 Å². The van der Waals surface area contributed by atoms with Crippen molar-refractivity contribution in [3.63, 3.8) is 0 Å². The number of ether oxygens (including phenoxy) is 2. The Morgan fingerprint density at radius 3 is 2.35 bits per heavy atom. The predicted molar refractivity (Wildman–Crippen MR) is 146 cm³/mol. The second-order valence-corrected chi connectivity index (χ2v) is 9.84. The van der Waals surface area contributed by atoms with Gasteiger partial charge in [0.2, 0.25) is 0 Å². The summed E-state index contributed by atoms with van der Waals surface area (Å²) >= 11 is 0. The van der Waals surface area contributed by atoms with E-state index in [1.54, 1.807) is 25.8 Å². The monoisotopic (exact) mass is 503 g/mol. The van der Waals surface area contributed by atoms with Crippen LogP contribution in [0.15, 0.2) is 66.7 Å². The lowest BCUT2D eigenvalue weighted by molar-refractivity contribution is -0.158. The van der Waals surface area contributed by atoms with E-state index in [0.29, 0.717) is 18.9 Å². The van der Waals surface area contributed by atoms with Gasteiger partial charge >= 0.3 is 12.0 Å². The van der Waals surface area contributed by atoms with Gasteiger partial charge in [0.1, 0.15) is 11.9 Å². The third kappa shape index (κ3) is 5.72. The largest absolute Gasteiger partial charge is 0.476 e. The first-order chi connectivity index (χ1) is 17.7. The average molecular weight is 504 g/mol. The maximum atomic E-state index is 13.3. The molecule has 7 nitrogen and oxygen atoms in total. The second-order valence-electron chi connectivity index (χ2n) is 9.84. The van der Waals surface area contributed by atoms with Crippen molar-refractivity contribution in [2.45, 2.75) is 58.7 Å². The van der Waals surface area contributed by atoms with Crippen LogP contribution >= 0.6 is 0 Å². The molecule has 0 aromatic heterocycles. The Balaban J connectivity index is 1.38. The standard InChI is InChI=1S/C30H37N3O4/c1-6-32-27(31(5)33(29(32)35)25-18-17-23-12-8-9-13-24(23)21-25)14-10-11-22-15-19-26(20-16-22)37-30(3,4)28(34)36-7-2/h8-9,12-13,15-21,27H,6-7,10-11,14H2,1-5H3. The Morgan fingerprint density at radius 1 is 0.973 bits per heavy atom. The van der Waals surface area contributed by atoms with Crippen molar-refractivity contribution in [2.75, 3.05) is 25.2 Å². The van der Waals surface area contributed by atoms with Gasteiger partial charge in [-0.25, -0.2) is 14.6 Å². The SMILES string of the molecule is CCOC(=O)C(C)(C)Oc1ccc(CCCC2N(CC)C(=O)N(c3ccc4ccccc4c3)N2C)cc1. The zero-order valence-electron chi connectivity index (χ0n) is 22.4. The van der Waals surface area contributed by atoms with Gasteiger partial charge in [-0.15, -0.1) is 0 Å². The first-order valence-corrected chi connectivity index (χ1v) is 13.0. The Labute approximate surface area is 219 Å². The van der Waals surface area contributed by atoms with E-state index >= 15 is 0 Å². The summed E-state index contributed by atoms with van der Waals surface area (Å²) in [5.41, 5.74) is 1.02. The smallest absolute Gasteiger partial charge is 0.349 e. The van der Waals surface area contributed by atoms with Crippen molar-refractivity contribution in [1.29, 1.82) is 0 Å². The maximum absolute atomic E-state index is 13.3. The number of hydrazine groups is 1. The molecule has 4 rings (SSSR count). The van der Waals surface area contributed by atoms with Gasteiger partial charge in [-0.3, -0.25) is 0 Å². The molecule has 0 radical (unpaired) electrons. The number of rotatable bonds is 10. The number of anilines is 1. The van der Waals surface area contributed by atoms with Crippen LogP contribution < -0.4 is 9.75 Å². The van der Waals surface area contributed by atoms with Crippen LogP contribution in [0.25, 0.3) is 10.8 Å². The molecule has 1 unspecified atom stereocenters. The van der Waals surface area contributed by atoms with Crippen molar-refractivity contribution < 1.29 is 19.1 Å². The Morgan fingerprint density at radius 2 is 1.68 bits per heavy atom. The molecule has 1 heterocycles. The van der Waals surface area contributed by atoms with E-state index in [1.165, 1.54) is 5.56 Å². The van der Waals surface area contributed by atoms with Gasteiger partial charge in [0.25, 0.3) is 0 Å². The Hall–Kier alpha value is -3.58. The van der Waals surface area contributed by atoms with Crippen molar-refractivity contribution >= 4 is 28.5 Å². The average Bonchev–Trinajstić information content (AvgIpc) is 3.13. The van der Waals surface area contributed by atoms with Crippen LogP contribution in [0.1, 0.15) is 46.1 Å². The molecule has 2 amide bonds. The number of carbonyl (C=O) groups is 2. The van der Waals surface area contributed by atoms with Crippen molar-refractivity contribution in [3.8, 4) is 5.75 Å². The number of aryl methyl sites for hydroxylation is 1. The molecule has 1 aliphatic heterocycles. The number of fused-ring (bicyclic) bond motifs is 1. The summed E-state index contributed by atoms with van der Waals surface area (Å²) < 4.78 is 11.0. The molecule has 0 N–H and O–H groups in total. The van der Waals surface area contributed by atoms with Gasteiger partial charge in [0.05, 0.1) is 12.3 Å². The van der Waals surface area contributed by atoms with Crippen molar-refractivity contribution in [2.24, 2.45) is 0 Å².